The summed E-state index contributed by atoms with van der Waals surface area (Å²) in [7, 11) is 0. The summed E-state index contributed by atoms with van der Waals surface area (Å²) in [5.41, 5.74) is 1.37. The Labute approximate surface area is 162 Å². The topological polar surface area (TPSA) is 56.5 Å². The average molecular weight is 397 g/mol. The molecule has 0 aliphatic heterocycles. The van der Waals surface area contributed by atoms with Crippen LogP contribution in [-0.2, 0) is 0 Å². The third-order valence-electron chi connectivity index (χ3n) is 3.93. The number of rotatable bonds is 5. The number of hydrogen-bond acceptors (Lipinski definition) is 5. The van der Waals surface area contributed by atoms with Crippen LogP contribution in [0.1, 0.15) is 5.56 Å². The molecule has 2 heterocycles. The van der Waals surface area contributed by atoms with Crippen LogP contribution in [0.3, 0.4) is 0 Å². The molecule has 0 fully saturated rings. The van der Waals surface area contributed by atoms with Gasteiger partial charge in [-0.25, -0.2) is 4.98 Å². The first kappa shape index (κ1) is 18.0. The van der Waals surface area contributed by atoms with Crippen molar-refractivity contribution in [3.05, 3.63) is 82.9 Å². The third-order valence-corrected chi connectivity index (χ3v) is 5.02. The van der Waals surface area contributed by atoms with Crippen LogP contribution in [-0.4, -0.2) is 22.5 Å². The van der Waals surface area contributed by atoms with Crippen molar-refractivity contribution in [2.75, 3.05) is 0 Å². The van der Waals surface area contributed by atoms with Gasteiger partial charge in [-0.3, -0.25) is 4.79 Å². The predicted octanol–water partition coefficient (Wildman–Crippen LogP) is 4.61. The van der Waals surface area contributed by atoms with Crippen LogP contribution in [0.4, 0.5) is 8.78 Å². The molecule has 0 bridgehead atoms. The van der Waals surface area contributed by atoms with Gasteiger partial charge < -0.3 is 4.74 Å². The van der Waals surface area contributed by atoms with Gasteiger partial charge in [-0.1, -0.05) is 30.3 Å². The fourth-order valence-corrected chi connectivity index (χ4v) is 3.60. The highest BCUT2D eigenvalue weighted by Crippen LogP contribution is 2.30. The number of halogens is 2. The van der Waals surface area contributed by atoms with Crippen molar-refractivity contribution in [1.82, 2.24) is 9.66 Å². The molecule has 0 amide bonds. The molecular formula is C20H13F2N3O2S. The van der Waals surface area contributed by atoms with Crippen molar-refractivity contribution in [2.45, 2.75) is 6.61 Å². The first-order valence-corrected chi connectivity index (χ1v) is 9.08. The monoisotopic (exact) mass is 397 g/mol. The van der Waals surface area contributed by atoms with Crippen LogP contribution in [0.25, 0.3) is 20.7 Å². The summed E-state index contributed by atoms with van der Waals surface area (Å²) in [4.78, 5) is 18.6. The molecule has 0 unspecified atom stereocenters. The summed E-state index contributed by atoms with van der Waals surface area (Å²) in [5.74, 6) is 0.0547. The zero-order valence-electron chi connectivity index (χ0n) is 14.3. The molecule has 0 spiro atoms. The van der Waals surface area contributed by atoms with Gasteiger partial charge in [-0.2, -0.15) is 18.6 Å². The molecule has 0 aliphatic carbocycles. The van der Waals surface area contributed by atoms with Crippen molar-refractivity contribution in [2.24, 2.45) is 5.10 Å². The second kappa shape index (κ2) is 7.69. The fraction of sp³-hybridized carbons (Fsp3) is 0.0500. The SMILES string of the molecule is O=c1c2cc(-c3ccccc3)sc2ncn1/N=C/c1ccc(OC(F)F)cc1. The molecule has 0 radical (unpaired) electrons. The molecule has 8 heteroatoms. The van der Waals surface area contributed by atoms with Crippen LogP contribution in [0.5, 0.6) is 5.75 Å². The third kappa shape index (κ3) is 3.81. The van der Waals surface area contributed by atoms with E-state index in [-0.39, 0.29) is 11.3 Å². The highest BCUT2D eigenvalue weighted by atomic mass is 32.1. The van der Waals surface area contributed by atoms with E-state index in [1.165, 1.54) is 36.0 Å². The van der Waals surface area contributed by atoms with Gasteiger partial charge >= 0.3 is 6.61 Å². The number of thiophene rings is 1. The molecule has 0 aliphatic rings. The number of hydrogen-bond donors (Lipinski definition) is 0. The molecule has 0 N–H and O–H groups in total. The summed E-state index contributed by atoms with van der Waals surface area (Å²) < 4.78 is 29.8. The molecular weight excluding hydrogens is 384 g/mol. The normalized spacial score (nSPS) is 11.5. The van der Waals surface area contributed by atoms with Crippen LogP contribution in [0.2, 0.25) is 0 Å². The van der Waals surface area contributed by atoms with E-state index in [2.05, 4.69) is 14.8 Å². The Kier molecular flexibility index (Phi) is 4.94. The lowest BCUT2D eigenvalue weighted by molar-refractivity contribution is -0.0498. The van der Waals surface area contributed by atoms with Gasteiger partial charge in [-0.15, -0.1) is 11.3 Å². The van der Waals surface area contributed by atoms with Gasteiger partial charge in [0, 0.05) is 4.88 Å². The van der Waals surface area contributed by atoms with Gasteiger partial charge in [0.05, 0.1) is 11.6 Å². The quantitative estimate of drug-likeness (QED) is 0.462. The maximum absolute atomic E-state index is 12.7. The number of nitrogens with zero attached hydrogens (tertiary/aromatic N) is 3. The Morgan fingerprint density at radius 2 is 1.86 bits per heavy atom. The molecule has 5 nitrogen and oxygen atoms in total. The van der Waals surface area contributed by atoms with E-state index >= 15 is 0 Å². The number of fused-ring (bicyclic) bond motifs is 1. The Morgan fingerprint density at radius 1 is 1.11 bits per heavy atom. The number of aromatic nitrogens is 2. The molecule has 4 rings (SSSR count). The van der Waals surface area contributed by atoms with Crippen LogP contribution >= 0.6 is 11.3 Å². The fourth-order valence-electron chi connectivity index (χ4n) is 2.60. The summed E-state index contributed by atoms with van der Waals surface area (Å²) >= 11 is 1.44. The minimum absolute atomic E-state index is 0.0547. The van der Waals surface area contributed by atoms with Gasteiger partial charge in [0.25, 0.3) is 5.56 Å². The lowest BCUT2D eigenvalue weighted by atomic mass is 10.2. The maximum Gasteiger partial charge on any atom is 0.387 e. The van der Waals surface area contributed by atoms with Gasteiger partial charge in [0.1, 0.15) is 16.9 Å². The molecule has 0 atom stereocenters. The van der Waals surface area contributed by atoms with E-state index in [4.69, 9.17) is 0 Å². The number of benzene rings is 2. The Morgan fingerprint density at radius 3 is 2.57 bits per heavy atom. The van der Waals surface area contributed by atoms with Crippen LogP contribution in [0.15, 0.2) is 76.9 Å². The Hall–Kier alpha value is -3.39. The highest BCUT2D eigenvalue weighted by molar-refractivity contribution is 7.21. The highest BCUT2D eigenvalue weighted by Gasteiger charge is 2.10. The standard InChI is InChI=1S/C20H13F2N3O2S/c21-20(22)27-15-8-6-13(7-9-15)11-24-25-12-23-18-16(19(25)26)10-17(28-18)14-4-2-1-3-5-14/h1-12,20H/b24-11+. The number of ether oxygens (including phenoxy) is 1. The number of alkyl halides is 2. The van der Waals surface area contributed by atoms with Gasteiger partial charge in [0.2, 0.25) is 0 Å². The van der Waals surface area contributed by atoms with Crippen molar-refractivity contribution in [3.8, 4) is 16.2 Å². The van der Waals surface area contributed by atoms with Gasteiger partial charge in [-0.05, 0) is 41.5 Å². The molecule has 4 aromatic rings. The van der Waals surface area contributed by atoms with Crippen molar-refractivity contribution in [1.29, 1.82) is 0 Å². The summed E-state index contributed by atoms with van der Waals surface area (Å²) in [5, 5.41) is 4.62. The van der Waals surface area contributed by atoms with E-state index in [0.717, 1.165) is 15.1 Å². The van der Waals surface area contributed by atoms with E-state index < -0.39 is 6.61 Å². The Balaban J connectivity index is 1.61. The van der Waals surface area contributed by atoms with E-state index in [1.54, 1.807) is 12.1 Å². The maximum atomic E-state index is 12.7. The lowest BCUT2D eigenvalue weighted by Crippen LogP contribution is -2.16. The van der Waals surface area contributed by atoms with Crippen molar-refractivity contribution >= 4 is 27.8 Å². The molecule has 0 saturated heterocycles. The van der Waals surface area contributed by atoms with Crippen molar-refractivity contribution in [3.63, 3.8) is 0 Å². The Bertz CT molecular complexity index is 1190. The molecule has 0 saturated carbocycles. The smallest absolute Gasteiger partial charge is 0.387 e. The molecule has 28 heavy (non-hydrogen) atoms. The van der Waals surface area contributed by atoms with E-state index in [1.807, 2.05) is 36.4 Å². The zero-order valence-corrected chi connectivity index (χ0v) is 15.1. The second-order valence-electron chi connectivity index (χ2n) is 5.78. The molecule has 2 aromatic carbocycles. The first-order valence-electron chi connectivity index (χ1n) is 8.26. The molecule has 2 aromatic heterocycles. The minimum atomic E-state index is -2.87. The van der Waals surface area contributed by atoms with E-state index in [9.17, 15) is 13.6 Å². The average Bonchev–Trinajstić information content (AvgIpc) is 3.14. The summed E-state index contributed by atoms with van der Waals surface area (Å²) in [6.45, 7) is -2.87. The molecule has 140 valence electrons. The first-order chi connectivity index (χ1) is 13.6. The lowest BCUT2D eigenvalue weighted by Gasteiger charge is -2.03. The van der Waals surface area contributed by atoms with Crippen LogP contribution in [0, 0.1) is 0 Å². The minimum Gasteiger partial charge on any atom is -0.435 e. The predicted molar refractivity (Wildman–Crippen MR) is 105 cm³/mol. The zero-order chi connectivity index (χ0) is 19.5. The second-order valence-corrected chi connectivity index (χ2v) is 6.81. The van der Waals surface area contributed by atoms with Crippen molar-refractivity contribution < 1.29 is 13.5 Å². The van der Waals surface area contributed by atoms with Crippen LogP contribution < -0.4 is 10.3 Å². The van der Waals surface area contributed by atoms with E-state index in [0.29, 0.717) is 15.8 Å². The van der Waals surface area contributed by atoms with Gasteiger partial charge in [0.15, 0.2) is 0 Å². The largest absolute Gasteiger partial charge is 0.435 e. The summed E-state index contributed by atoms with van der Waals surface area (Å²) in [6.07, 6.45) is 2.81. The summed E-state index contributed by atoms with van der Waals surface area (Å²) in [6, 6.07) is 17.5.